The lowest BCUT2D eigenvalue weighted by atomic mass is 10.1. The summed E-state index contributed by atoms with van der Waals surface area (Å²) in [6.45, 7) is 1.85. The van der Waals surface area contributed by atoms with E-state index in [2.05, 4.69) is 20.3 Å². The highest BCUT2D eigenvalue weighted by atomic mass is 16.4. The van der Waals surface area contributed by atoms with E-state index in [1.54, 1.807) is 18.3 Å². The molecule has 0 spiro atoms. The van der Waals surface area contributed by atoms with Crippen molar-refractivity contribution in [1.82, 2.24) is 14.8 Å². The number of nitrogens with one attached hydrogen (secondary N) is 1. The van der Waals surface area contributed by atoms with Crippen molar-refractivity contribution in [2.45, 2.75) is 18.9 Å². The fraction of sp³-hybridized carbons (Fsp3) is 0.400. The minimum Gasteiger partial charge on any atom is -0.477 e. The Morgan fingerprint density at radius 1 is 1.41 bits per heavy atom. The first-order chi connectivity index (χ1) is 10.6. The number of rotatable bonds is 4. The molecule has 1 aliphatic rings. The second-order valence-corrected chi connectivity index (χ2v) is 5.46. The monoisotopic (exact) mass is 301 g/mol. The van der Waals surface area contributed by atoms with Gasteiger partial charge in [0.2, 0.25) is 0 Å². The minimum atomic E-state index is -1.01. The number of nitrogens with zero attached hydrogens (tertiary/aromatic N) is 4. The topological polar surface area (TPSA) is 83.3 Å². The zero-order valence-electron chi connectivity index (χ0n) is 12.4. The standard InChI is InChI=1S/C15H19N5O2/c1-19-14(7-8-16-19)20-9-3-4-11(10-20)17-13-6-2-5-12(18-13)15(21)22/h2,5-8,11H,3-4,9-10H2,1H3,(H,17,18)(H,21,22). The van der Waals surface area contributed by atoms with Gasteiger partial charge in [0, 0.05) is 32.2 Å². The quantitative estimate of drug-likeness (QED) is 0.892. The van der Waals surface area contributed by atoms with Crippen LogP contribution in [0.5, 0.6) is 0 Å². The van der Waals surface area contributed by atoms with Gasteiger partial charge >= 0.3 is 5.97 Å². The highest BCUT2D eigenvalue weighted by molar-refractivity contribution is 5.85. The fourth-order valence-corrected chi connectivity index (χ4v) is 2.82. The summed E-state index contributed by atoms with van der Waals surface area (Å²) in [5, 5.41) is 16.6. The molecule has 1 saturated heterocycles. The van der Waals surface area contributed by atoms with Crippen molar-refractivity contribution in [1.29, 1.82) is 0 Å². The molecule has 0 amide bonds. The summed E-state index contributed by atoms with van der Waals surface area (Å²) in [7, 11) is 1.93. The smallest absolute Gasteiger partial charge is 0.354 e. The molecule has 116 valence electrons. The van der Waals surface area contributed by atoms with E-state index in [1.165, 1.54) is 6.07 Å². The molecule has 0 bridgehead atoms. The zero-order valence-corrected chi connectivity index (χ0v) is 12.4. The molecule has 3 rings (SSSR count). The van der Waals surface area contributed by atoms with Gasteiger partial charge in [-0.1, -0.05) is 6.07 Å². The molecule has 1 fully saturated rings. The highest BCUT2D eigenvalue weighted by Crippen LogP contribution is 2.20. The van der Waals surface area contributed by atoms with Gasteiger partial charge in [-0.15, -0.1) is 0 Å². The summed E-state index contributed by atoms with van der Waals surface area (Å²) in [4.78, 5) is 17.4. The number of pyridine rings is 1. The van der Waals surface area contributed by atoms with E-state index in [4.69, 9.17) is 5.11 Å². The van der Waals surface area contributed by atoms with Crippen LogP contribution in [0.1, 0.15) is 23.3 Å². The third-order valence-electron chi connectivity index (χ3n) is 3.86. The Morgan fingerprint density at radius 3 is 3.00 bits per heavy atom. The molecule has 0 radical (unpaired) electrons. The predicted octanol–water partition coefficient (Wildman–Crippen LogP) is 1.59. The van der Waals surface area contributed by atoms with Gasteiger partial charge in [0.05, 0.1) is 6.20 Å². The Kier molecular flexibility index (Phi) is 3.95. The van der Waals surface area contributed by atoms with Gasteiger partial charge in [-0.2, -0.15) is 5.10 Å². The van der Waals surface area contributed by atoms with Crippen LogP contribution in [0.4, 0.5) is 11.6 Å². The van der Waals surface area contributed by atoms with E-state index in [1.807, 2.05) is 17.8 Å². The molecular formula is C15H19N5O2. The Morgan fingerprint density at radius 2 is 2.27 bits per heavy atom. The van der Waals surface area contributed by atoms with Crippen LogP contribution >= 0.6 is 0 Å². The maximum Gasteiger partial charge on any atom is 0.354 e. The first kappa shape index (κ1) is 14.4. The Bertz CT molecular complexity index is 669. The molecular weight excluding hydrogens is 282 g/mol. The van der Waals surface area contributed by atoms with Gasteiger partial charge in [0.1, 0.15) is 11.6 Å². The molecule has 7 nitrogen and oxygen atoms in total. The third kappa shape index (κ3) is 3.03. The van der Waals surface area contributed by atoms with Crippen LogP contribution in [0.15, 0.2) is 30.5 Å². The minimum absolute atomic E-state index is 0.0595. The number of piperidine rings is 1. The molecule has 7 heteroatoms. The maximum absolute atomic E-state index is 11.0. The van der Waals surface area contributed by atoms with E-state index in [9.17, 15) is 4.79 Å². The lowest BCUT2D eigenvalue weighted by Gasteiger charge is -2.34. The molecule has 1 atom stereocenters. The van der Waals surface area contributed by atoms with Gasteiger partial charge in [-0.3, -0.25) is 4.68 Å². The van der Waals surface area contributed by atoms with E-state index < -0.39 is 5.97 Å². The van der Waals surface area contributed by atoms with Crippen LogP contribution in [-0.2, 0) is 7.05 Å². The first-order valence-electron chi connectivity index (χ1n) is 7.33. The van der Waals surface area contributed by atoms with Crippen molar-refractivity contribution in [3.63, 3.8) is 0 Å². The average Bonchev–Trinajstić information content (AvgIpc) is 2.94. The Balaban J connectivity index is 1.69. The molecule has 0 aliphatic carbocycles. The van der Waals surface area contributed by atoms with Gasteiger partial charge in [-0.25, -0.2) is 9.78 Å². The number of anilines is 2. The number of hydrogen-bond acceptors (Lipinski definition) is 5. The number of hydrogen-bond donors (Lipinski definition) is 2. The normalized spacial score (nSPS) is 18.2. The van der Waals surface area contributed by atoms with Crippen molar-refractivity contribution in [3.05, 3.63) is 36.2 Å². The first-order valence-corrected chi connectivity index (χ1v) is 7.33. The molecule has 1 unspecified atom stereocenters. The van der Waals surface area contributed by atoms with Crippen LogP contribution < -0.4 is 10.2 Å². The number of aromatic carboxylic acids is 1. The summed E-state index contributed by atoms with van der Waals surface area (Å²) in [5.74, 6) is 0.694. The number of carboxylic acid groups (broad SMARTS) is 1. The largest absolute Gasteiger partial charge is 0.477 e. The zero-order chi connectivity index (χ0) is 15.5. The van der Waals surface area contributed by atoms with Crippen molar-refractivity contribution in [3.8, 4) is 0 Å². The summed E-state index contributed by atoms with van der Waals surface area (Å²) in [6, 6.07) is 7.25. The van der Waals surface area contributed by atoms with Crippen LogP contribution in [0.2, 0.25) is 0 Å². The van der Waals surface area contributed by atoms with Crippen molar-refractivity contribution < 1.29 is 9.90 Å². The molecule has 3 heterocycles. The number of carboxylic acids is 1. The molecule has 0 saturated carbocycles. The number of aromatic nitrogens is 3. The van der Waals surface area contributed by atoms with E-state index in [-0.39, 0.29) is 11.7 Å². The van der Waals surface area contributed by atoms with Crippen molar-refractivity contribution in [2.75, 3.05) is 23.3 Å². The van der Waals surface area contributed by atoms with Gasteiger partial charge < -0.3 is 15.3 Å². The molecule has 2 N–H and O–H groups in total. The van der Waals surface area contributed by atoms with E-state index in [0.29, 0.717) is 5.82 Å². The molecule has 2 aromatic heterocycles. The summed E-state index contributed by atoms with van der Waals surface area (Å²) >= 11 is 0. The Labute approximate surface area is 128 Å². The Hall–Kier alpha value is -2.57. The SMILES string of the molecule is Cn1nccc1N1CCCC(Nc2cccc(C(=O)O)n2)C1. The van der Waals surface area contributed by atoms with Crippen LogP contribution in [-0.4, -0.2) is 45.0 Å². The summed E-state index contributed by atoms with van der Waals surface area (Å²) in [5.41, 5.74) is 0.0595. The predicted molar refractivity (Wildman–Crippen MR) is 83.3 cm³/mol. The lowest BCUT2D eigenvalue weighted by Crippen LogP contribution is -2.43. The lowest BCUT2D eigenvalue weighted by molar-refractivity contribution is 0.0690. The number of aryl methyl sites for hydroxylation is 1. The number of carbonyl (C=O) groups is 1. The van der Waals surface area contributed by atoms with E-state index in [0.717, 1.165) is 31.7 Å². The molecule has 22 heavy (non-hydrogen) atoms. The maximum atomic E-state index is 11.0. The van der Waals surface area contributed by atoms with Crippen LogP contribution in [0.3, 0.4) is 0 Å². The summed E-state index contributed by atoms with van der Waals surface area (Å²) < 4.78 is 1.87. The van der Waals surface area contributed by atoms with Gasteiger partial charge in [-0.05, 0) is 25.0 Å². The molecule has 1 aliphatic heterocycles. The second kappa shape index (κ2) is 6.05. The van der Waals surface area contributed by atoms with Crippen LogP contribution in [0, 0.1) is 0 Å². The highest BCUT2D eigenvalue weighted by Gasteiger charge is 2.22. The average molecular weight is 301 g/mol. The molecule has 0 aromatic carbocycles. The van der Waals surface area contributed by atoms with Crippen molar-refractivity contribution in [2.24, 2.45) is 7.05 Å². The summed E-state index contributed by atoms with van der Waals surface area (Å²) in [6.07, 6.45) is 3.90. The molecule has 2 aromatic rings. The van der Waals surface area contributed by atoms with E-state index >= 15 is 0 Å². The van der Waals surface area contributed by atoms with Crippen molar-refractivity contribution >= 4 is 17.6 Å². The second-order valence-electron chi connectivity index (χ2n) is 5.46. The van der Waals surface area contributed by atoms with Crippen LogP contribution in [0.25, 0.3) is 0 Å². The fourth-order valence-electron chi connectivity index (χ4n) is 2.82. The third-order valence-corrected chi connectivity index (χ3v) is 3.86. The van der Waals surface area contributed by atoms with Gasteiger partial charge in [0.15, 0.2) is 5.69 Å². The van der Waals surface area contributed by atoms with Gasteiger partial charge in [0.25, 0.3) is 0 Å².